The Kier molecular flexibility index (Phi) is 1.91. The van der Waals surface area contributed by atoms with Crippen LogP contribution in [0, 0.1) is 0 Å². The molecule has 0 atom stereocenters. The maximum absolute atomic E-state index is 5.78. The van der Waals surface area contributed by atoms with Gasteiger partial charge in [-0.25, -0.2) is 0 Å². The maximum Gasteiger partial charge on any atom is 0.0434 e. The molecular formula is C7H10ClN. The monoisotopic (exact) mass is 143 g/mol. The summed E-state index contributed by atoms with van der Waals surface area (Å²) in [5, 5.41) is 0.897. The molecule has 0 aliphatic carbocycles. The van der Waals surface area contributed by atoms with E-state index < -0.39 is 0 Å². The summed E-state index contributed by atoms with van der Waals surface area (Å²) in [5.41, 5.74) is 2.35. The Balaban J connectivity index is 2.87. The second kappa shape index (κ2) is 2.53. The van der Waals surface area contributed by atoms with Crippen molar-refractivity contribution in [3.05, 3.63) is 10.6 Å². The molecule has 1 aliphatic rings. The zero-order valence-corrected chi connectivity index (χ0v) is 6.50. The topological polar surface area (TPSA) is 12.4 Å². The Morgan fingerprint density at radius 2 is 2.33 bits per heavy atom. The van der Waals surface area contributed by atoms with E-state index in [9.17, 15) is 0 Å². The highest BCUT2D eigenvalue weighted by molar-refractivity contribution is 6.31. The van der Waals surface area contributed by atoms with E-state index in [0.29, 0.717) is 0 Å². The van der Waals surface area contributed by atoms with E-state index in [1.54, 1.807) is 0 Å². The van der Waals surface area contributed by atoms with Crippen LogP contribution in [0.3, 0.4) is 0 Å². The fourth-order valence-corrected chi connectivity index (χ4v) is 1.26. The number of aliphatic imine (C=N–C) groups is 1. The highest BCUT2D eigenvalue weighted by Gasteiger charge is 2.09. The average molecular weight is 144 g/mol. The smallest absolute Gasteiger partial charge is 0.0434 e. The van der Waals surface area contributed by atoms with Crippen molar-refractivity contribution in [2.45, 2.75) is 20.3 Å². The third kappa shape index (κ3) is 1.33. The van der Waals surface area contributed by atoms with Crippen molar-refractivity contribution < 1.29 is 0 Å². The zero-order valence-electron chi connectivity index (χ0n) is 5.74. The normalized spacial score (nSPS) is 24.1. The van der Waals surface area contributed by atoms with E-state index in [0.717, 1.165) is 23.7 Å². The molecule has 1 rings (SSSR count). The summed E-state index contributed by atoms with van der Waals surface area (Å²) < 4.78 is 0. The van der Waals surface area contributed by atoms with Gasteiger partial charge in [0.25, 0.3) is 0 Å². The van der Waals surface area contributed by atoms with Gasteiger partial charge >= 0.3 is 0 Å². The summed E-state index contributed by atoms with van der Waals surface area (Å²) in [6.07, 6.45) is 1.03. The Labute approximate surface area is 60.4 Å². The van der Waals surface area contributed by atoms with E-state index in [1.165, 1.54) is 5.57 Å². The largest absolute Gasteiger partial charge is 0.289 e. The van der Waals surface area contributed by atoms with Crippen LogP contribution < -0.4 is 0 Å². The van der Waals surface area contributed by atoms with Crippen molar-refractivity contribution in [1.29, 1.82) is 0 Å². The molecule has 9 heavy (non-hydrogen) atoms. The zero-order chi connectivity index (χ0) is 6.85. The van der Waals surface area contributed by atoms with E-state index >= 15 is 0 Å². The first-order chi connectivity index (χ1) is 4.22. The number of nitrogens with zero attached hydrogens (tertiary/aromatic N) is 1. The number of hydrogen-bond donors (Lipinski definition) is 0. The molecule has 0 N–H and O–H groups in total. The molecule has 0 aromatic rings. The first-order valence-electron chi connectivity index (χ1n) is 3.08. The van der Waals surface area contributed by atoms with Gasteiger partial charge in [-0.3, -0.25) is 4.99 Å². The third-order valence-electron chi connectivity index (χ3n) is 1.56. The Bertz CT molecular complexity index is 169. The van der Waals surface area contributed by atoms with Crippen LogP contribution in [0.25, 0.3) is 0 Å². The standard InChI is InChI=1S/C7H10ClN/c1-5(8)7-3-4-9-6(7)2/h3-4H2,1-2H3/b7-5+. The van der Waals surface area contributed by atoms with Gasteiger partial charge in [-0.2, -0.15) is 0 Å². The number of hydrogen-bond acceptors (Lipinski definition) is 1. The Hall–Kier alpha value is -0.300. The van der Waals surface area contributed by atoms with Gasteiger partial charge in [0.15, 0.2) is 0 Å². The van der Waals surface area contributed by atoms with Gasteiger partial charge in [0.1, 0.15) is 0 Å². The lowest BCUT2D eigenvalue weighted by molar-refractivity contribution is 1.04. The quantitative estimate of drug-likeness (QED) is 0.494. The lowest BCUT2D eigenvalue weighted by Gasteiger charge is -1.95. The van der Waals surface area contributed by atoms with Crippen molar-refractivity contribution in [2.24, 2.45) is 4.99 Å². The van der Waals surface area contributed by atoms with Gasteiger partial charge in [-0.1, -0.05) is 11.6 Å². The average Bonchev–Trinajstić information content (AvgIpc) is 2.13. The van der Waals surface area contributed by atoms with Gasteiger partial charge in [-0.15, -0.1) is 0 Å². The first kappa shape index (κ1) is 6.81. The molecule has 0 bridgehead atoms. The SMILES string of the molecule is CC1=NCC/C1=C(/C)Cl. The van der Waals surface area contributed by atoms with Gasteiger partial charge in [-0.05, 0) is 25.8 Å². The minimum Gasteiger partial charge on any atom is -0.289 e. The second-order valence-electron chi connectivity index (χ2n) is 2.23. The van der Waals surface area contributed by atoms with Crippen LogP contribution in [0.4, 0.5) is 0 Å². The van der Waals surface area contributed by atoms with Crippen LogP contribution in [0.1, 0.15) is 20.3 Å². The molecule has 0 spiro atoms. The highest BCUT2D eigenvalue weighted by Crippen LogP contribution is 2.18. The molecule has 0 amide bonds. The lowest BCUT2D eigenvalue weighted by atomic mass is 10.1. The summed E-state index contributed by atoms with van der Waals surface area (Å²) >= 11 is 5.78. The summed E-state index contributed by atoms with van der Waals surface area (Å²) in [6.45, 7) is 4.85. The Morgan fingerprint density at radius 1 is 1.67 bits per heavy atom. The second-order valence-corrected chi connectivity index (χ2v) is 2.80. The van der Waals surface area contributed by atoms with Crippen LogP contribution in [0.5, 0.6) is 0 Å². The molecule has 0 aromatic carbocycles. The molecule has 2 heteroatoms. The molecular weight excluding hydrogens is 134 g/mol. The van der Waals surface area contributed by atoms with Crippen LogP contribution in [0.15, 0.2) is 15.6 Å². The van der Waals surface area contributed by atoms with Crippen LogP contribution in [0.2, 0.25) is 0 Å². The summed E-state index contributed by atoms with van der Waals surface area (Å²) in [6, 6.07) is 0. The summed E-state index contributed by atoms with van der Waals surface area (Å²) in [7, 11) is 0. The van der Waals surface area contributed by atoms with E-state index in [2.05, 4.69) is 4.99 Å². The molecule has 0 fully saturated rings. The number of rotatable bonds is 0. The fraction of sp³-hybridized carbons (Fsp3) is 0.571. The molecule has 1 heterocycles. The van der Waals surface area contributed by atoms with Crippen molar-refractivity contribution in [3.63, 3.8) is 0 Å². The predicted molar refractivity (Wildman–Crippen MR) is 41.1 cm³/mol. The molecule has 0 unspecified atom stereocenters. The maximum atomic E-state index is 5.78. The molecule has 0 saturated heterocycles. The van der Waals surface area contributed by atoms with Crippen LogP contribution in [-0.2, 0) is 0 Å². The number of halogens is 1. The van der Waals surface area contributed by atoms with Crippen molar-refractivity contribution >= 4 is 17.3 Å². The summed E-state index contributed by atoms with van der Waals surface area (Å²) in [5.74, 6) is 0. The van der Waals surface area contributed by atoms with Crippen molar-refractivity contribution in [3.8, 4) is 0 Å². The van der Waals surface area contributed by atoms with Gasteiger partial charge in [0, 0.05) is 17.3 Å². The Morgan fingerprint density at radius 3 is 2.56 bits per heavy atom. The molecule has 50 valence electrons. The summed E-state index contributed by atoms with van der Waals surface area (Å²) in [4.78, 5) is 4.21. The lowest BCUT2D eigenvalue weighted by Crippen LogP contribution is -1.90. The minimum absolute atomic E-state index is 0.897. The molecule has 0 saturated carbocycles. The van der Waals surface area contributed by atoms with Crippen molar-refractivity contribution in [1.82, 2.24) is 0 Å². The van der Waals surface area contributed by atoms with Gasteiger partial charge in [0.2, 0.25) is 0 Å². The molecule has 0 radical (unpaired) electrons. The fourth-order valence-electron chi connectivity index (χ4n) is 1.03. The van der Waals surface area contributed by atoms with E-state index in [-0.39, 0.29) is 0 Å². The molecule has 1 aliphatic heterocycles. The van der Waals surface area contributed by atoms with Gasteiger partial charge in [0.05, 0.1) is 0 Å². The van der Waals surface area contributed by atoms with Crippen LogP contribution >= 0.6 is 11.6 Å². The van der Waals surface area contributed by atoms with E-state index in [1.807, 2.05) is 13.8 Å². The van der Waals surface area contributed by atoms with Crippen LogP contribution in [-0.4, -0.2) is 12.3 Å². The molecule has 0 aromatic heterocycles. The first-order valence-corrected chi connectivity index (χ1v) is 3.46. The minimum atomic E-state index is 0.897. The van der Waals surface area contributed by atoms with Gasteiger partial charge < -0.3 is 0 Å². The third-order valence-corrected chi connectivity index (χ3v) is 1.79. The molecule has 1 nitrogen and oxygen atoms in total. The predicted octanol–water partition coefficient (Wildman–Crippen LogP) is 2.36. The van der Waals surface area contributed by atoms with E-state index in [4.69, 9.17) is 11.6 Å². The van der Waals surface area contributed by atoms with Crippen molar-refractivity contribution in [2.75, 3.05) is 6.54 Å². The highest BCUT2D eigenvalue weighted by atomic mass is 35.5. The number of allylic oxidation sites excluding steroid dienone is 1.